The van der Waals surface area contributed by atoms with E-state index in [4.69, 9.17) is 11.6 Å². The van der Waals surface area contributed by atoms with Crippen LogP contribution >= 0.6 is 23.4 Å². The minimum atomic E-state index is -0.0916. The molecule has 2 atom stereocenters. The van der Waals surface area contributed by atoms with E-state index in [9.17, 15) is 9.59 Å². The summed E-state index contributed by atoms with van der Waals surface area (Å²) >= 11 is 7.21. The van der Waals surface area contributed by atoms with Crippen LogP contribution in [0.1, 0.15) is 32.1 Å². The number of thioether (sulfide) groups is 1. The summed E-state index contributed by atoms with van der Waals surface area (Å²) in [5.74, 6) is 2.28. The van der Waals surface area contributed by atoms with Crippen molar-refractivity contribution >= 4 is 40.9 Å². The Hall–Kier alpha value is -1.20. The van der Waals surface area contributed by atoms with Gasteiger partial charge in [0.05, 0.1) is 11.5 Å². The first-order chi connectivity index (χ1) is 12.1. The van der Waals surface area contributed by atoms with Crippen LogP contribution in [0.4, 0.5) is 5.69 Å². The third kappa shape index (κ3) is 5.38. The Labute approximate surface area is 158 Å². The number of likely N-dealkylation sites (tertiary alicyclic amines) is 1. The van der Waals surface area contributed by atoms with E-state index >= 15 is 0 Å². The van der Waals surface area contributed by atoms with Gasteiger partial charge in [-0.1, -0.05) is 30.9 Å². The van der Waals surface area contributed by atoms with E-state index in [0.29, 0.717) is 16.7 Å². The van der Waals surface area contributed by atoms with Crippen LogP contribution < -0.4 is 5.32 Å². The van der Waals surface area contributed by atoms with Gasteiger partial charge in [-0.2, -0.15) is 0 Å². The molecule has 1 N–H and O–H groups in total. The predicted molar refractivity (Wildman–Crippen MR) is 104 cm³/mol. The Balaban J connectivity index is 1.37. The van der Waals surface area contributed by atoms with Gasteiger partial charge < -0.3 is 10.2 Å². The van der Waals surface area contributed by atoms with E-state index in [2.05, 4.69) is 5.32 Å². The lowest BCUT2D eigenvalue weighted by Crippen LogP contribution is -2.45. The Morgan fingerprint density at radius 3 is 2.56 bits per heavy atom. The topological polar surface area (TPSA) is 49.4 Å². The monoisotopic (exact) mass is 380 g/mol. The normalized spacial score (nSPS) is 23.0. The van der Waals surface area contributed by atoms with Crippen LogP contribution in [0.25, 0.3) is 0 Å². The summed E-state index contributed by atoms with van der Waals surface area (Å²) in [6.45, 7) is 1.80. The van der Waals surface area contributed by atoms with Crippen molar-refractivity contribution in [1.82, 2.24) is 4.90 Å². The van der Waals surface area contributed by atoms with Gasteiger partial charge in [0, 0.05) is 23.8 Å². The highest BCUT2D eigenvalue weighted by Crippen LogP contribution is 2.36. The number of carbonyl (C=O) groups is 2. The molecule has 1 aliphatic carbocycles. The molecular formula is C19H25ClN2O2S. The molecule has 0 unspecified atom stereocenters. The quantitative estimate of drug-likeness (QED) is 0.838. The number of fused-ring (bicyclic) bond motifs is 1. The lowest BCUT2D eigenvalue weighted by Gasteiger charge is -2.41. The molecule has 4 nitrogen and oxygen atoms in total. The minimum absolute atomic E-state index is 0.0916. The molecular weight excluding hydrogens is 356 g/mol. The molecule has 136 valence electrons. The standard InChI is InChI=1S/C19H25ClN2O2S/c20-16-5-7-17(8-6-16)21-18(23)12-25-13-19(24)22-10-9-14-3-1-2-4-15(14)11-22/h5-8,14-15H,1-4,9-13H2,(H,21,23)/t14-,15+/m1/s1. The molecule has 1 aromatic carbocycles. The van der Waals surface area contributed by atoms with Crippen LogP contribution in [0.2, 0.25) is 5.02 Å². The van der Waals surface area contributed by atoms with Crippen molar-refractivity contribution < 1.29 is 9.59 Å². The molecule has 1 saturated carbocycles. The average molecular weight is 381 g/mol. The number of carbonyl (C=O) groups excluding carboxylic acids is 2. The number of nitrogens with zero attached hydrogens (tertiary/aromatic N) is 1. The van der Waals surface area contributed by atoms with Gasteiger partial charge in [0.25, 0.3) is 0 Å². The fourth-order valence-electron chi connectivity index (χ4n) is 3.88. The second-order valence-corrected chi connectivity index (χ2v) is 8.40. The molecule has 0 radical (unpaired) electrons. The molecule has 1 aromatic rings. The van der Waals surface area contributed by atoms with Gasteiger partial charge in [-0.3, -0.25) is 9.59 Å². The highest BCUT2D eigenvalue weighted by Gasteiger charge is 2.32. The molecule has 1 aliphatic heterocycles. The zero-order chi connectivity index (χ0) is 17.6. The van der Waals surface area contributed by atoms with Gasteiger partial charge in [0.1, 0.15) is 0 Å². The van der Waals surface area contributed by atoms with Crippen molar-refractivity contribution in [3.8, 4) is 0 Å². The number of halogens is 1. The maximum absolute atomic E-state index is 12.4. The van der Waals surface area contributed by atoms with E-state index in [-0.39, 0.29) is 17.6 Å². The van der Waals surface area contributed by atoms with Gasteiger partial charge in [0.15, 0.2) is 0 Å². The maximum atomic E-state index is 12.4. The third-order valence-corrected chi connectivity index (χ3v) is 6.40. The zero-order valence-corrected chi connectivity index (χ0v) is 16.0. The molecule has 2 fully saturated rings. The van der Waals surface area contributed by atoms with Gasteiger partial charge in [0.2, 0.25) is 11.8 Å². The summed E-state index contributed by atoms with van der Waals surface area (Å²) in [6.07, 6.45) is 6.42. The highest BCUT2D eigenvalue weighted by molar-refractivity contribution is 8.00. The van der Waals surface area contributed by atoms with Crippen molar-refractivity contribution in [2.24, 2.45) is 11.8 Å². The van der Waals surface area contributed by atoms with Crippen molar-refractivity contribution in [2.75, 3.05) is 29.9 Å². The van der Waals surface area contributed by atoms with E-state index in [1.807, 2.05) is 4.90 Å². The number of hydrogen-bond donors (Lipinski definition) is 1. The number of anilines is 1. The van der Waals surface area contributed by atoms with Gasteiger partial charge in [-0.15, -0.1) is 11.8 Å². The Kier molecular flexibility index (Phi) is 6.65. The Bertz CT molecular complexity index is 608. The molecule has 1 heterocycles. The average Bonchev–Trinajstić information content (AvgIpc) is 2.63. The van der Waals surface area contributed by atoms with Crippen molar-refractivity contribution in [3.63, 3.8) is 0 Å². The predicted octanol–water partition coefficient (Wildman–Crippen LogP) is 4.05. The smallest absolute Gasteiger partial charge is 0.234 e. The Morgan fingerprint density at radius 1 is 1.08 bits per heavy atom. The largest absolute Gasteiger partial charge is 0.342 e. The first-order valence-corrected chi connectivity index (χ1v) is 10.6. The van der Waals surface area contributed by atoms with Gasteiger partial charge in [-0.05, 0) is 48.9 Å². The summed E-state index contributed by atoms with van der Waals surface area (Å²) in [5.41, 5.74) is 0.723. The summed E-state index contributed by atoms with van der Waals surface area (Å²) in [6, 6.07) is 7.01. The fourth-order valence-corrected chi connectivity index (χ4v) is 4.72. The fraction of sp³-hybridized carbons (Fsp3) is 0.579. The summed E-state index contributed by atoms with van der Waals surface area (Å²) in [4.78, 5) is 26.4. The van der Waals surface area contributed by atoms with Crippen molar-refractivity contribution in [3.05, 3.63) is 29.3 Å². The van der Waals surface area contributed by atoms with Crippen molar-refractivity contribution in [1.29, 1.82) is 0 Å². The number of rotatable bonds is 5. The van der Waals surface area contributed by atoms with E-state index in [0.717, 1.165) is 31.1 Å². The molecule has 0 bridgehead atoms. The van der Waals surface area contributed by atoms with Crippen LogP contribution in [0.15, 0.2) is 24.3 Å². The van der Waals surface area contributed by atoms with E-state index < -0.39 is 0 Å². The first kappa shape index (κ1) is 18.6. The second-order valence-electron chi connectivity index (χ2n) is 6.98. The molecule has 6 heteroatoms. The maximum Gasteiger partial charge on any atom is 0.234 e. The zero-order valence-electron chi connectivity index (χ0n) is 14.4. The van der Waals surface area contributed by atoms with E-state index in [1.54, 1.807) is 24.3 Å². The minimum Gasteiger partial charge on any atom is -0.342 e. The number of amides is 2. The summed E-state index contributed by atoms with van der Waals surface area (Å²) in [5, 5.41) is 3.45. The molecule has 25 heavy (non-hydrogen) atoms. The molecule has 3 rings (SSSR count). The number of piperidine rings is 1. The SMILES string of the molecule is O=C(CSCC(=O)N1CC[C@H]2CCCC[C@H]2C1)Nc1ccc(Cl)cc1. The number of nitrogens with one attached hydrogen (secondary N) is 1. The van der Waals surface area contributed by atoms with Crippen LogP contribution in [0, 0.1) is 11.8 Å². The van der Waals surface area contributed by atoms with Crippen molar-refractivity contribution in [2.45, 2.75) is 32.1 Å². The van der Waals surface area contributed by atoms with Gasteiger partial charge >= 0.3 is 0 Å². The highest BCUT2D eigenvalue weighted by atomic mass is 35.5. The number of hydrogen-bond acceptors (Lipinski definition) is 3. The number of benzene rings is 1. The lowest BCUT2D eigenvalue weighted by atomic mass is 9.75. The third-order valence-electron chi connectivity index (χ3n) is 5.23. The molecule has 2 aliphatic rings. The first-order valence-electron chi connectivity index (χ1n) is 9.03. The summed E-state index contributed by atoms with van der Waals surface area (Å²) in [7, 11) is 0. The Morgan fingerprint density at radius 2 is 1.80 bits per heavy atom. The second kappa shape index (κ2) is 8.95. The molecule has 0 aromatic heterocycles. The molecule has 1 saturated heterocycles. The van der Waals surface area contributed by atoms with Crippen LogP contribution in [0.5, 0.6) is 0 Å². The van der Waals surface area contributed by atoms with Gasteiger partial charge in [-0.25, -0.2) is 0 Å². The van der Waals surface area contributed by atoms with E-state index in [1.165, 1.54) is 37.4 Å². The van der Waals surface area contributed by atoms with Crippen LogP contribution in [0.3, 0.4) is 0 Å². The van der Waals surface area contributed by atoms with Crippen LogP contribution in [-0.2, 0) is 9.59 Å². The molecule has 0 spiro atoms. The lowest BCUT2D eigenvalue weighted by molar-refractivity contribution is -0.131. The van der Waals surface area contributed by atoms with Crippen LogP contribution in [-0.4, -0.2) is 41.3 Å². The molecule has 2 amide bonds. The summed E-state index contributed by atoms with van der Waals surface area (Å²) < 4.78 is 0.